The molecular formula is C15H23N3O2. The molecule has 3 N–H and O–H groups in total. The number of urea groups is 1. The van der Waals surface area contributed by atoms with Crippen molar-refractivity contribution < 1.29 is 9.53 Å². The molecule has 110 valence electrons. The fourth-order valence-electron chi connectivity index (χ4n) is 2.25. The molecule has 0 aliphatic carbocycles. The fraction of sp³-hybridized carbons (Fsp3) is 0.533. The highest BCUT2D eigenvalue weighted by Gasteiger charge is 2.21. The third-order valence-corrected chi connectivity index (χ3v) is 3.39. The van der Waals surface area contributed by atoms with E-state index in [1.54, 1.807) is 0 Å². The van der Waals surface area contributed by atoms with Crippen LogP contribution in [0, 0.1) is 0 Å². The molecule has 1 aromatic carbocycles. The standard InChI is InChI=1S/C15H23N3O2/c16-8-4-9-18(11-13-5-2-1-3-6-13)15(19)17-14-7-10-20-12-14/h1-3,5-6,14H,4,7-12,16H2,(H,17,19). The van der Waals surface area contributed by atoms with Crippen LogP contribution in [0.2, 0.25) is 0 Å². The van der Waals surface area contributed by atoms with E-state index in [9.17, 15) is 4.79 Å². The second-order valence-electron chi connectivity index (χ2n) is 5.06. The summed E-state index contributed by atoms with van der Waals surface area (Å²) in [6.07, 6.45) is 1.70. The van der Waals surface area contributed by atoms with Gasteiger partial charge in [0.25, 0.3) is 0 Å². The van der Waals surface area contributed by atoms with E-state index in [1.807, 2.05) is 35.2 Å². The van der Waals surface area contributed by atoms with E-state index in [2.05, 4.69) is 5.32 Å². The van der Waals surface area contributed by atoms with E-state index in [0.717, 1.165) is 25.0 Å². The number of ether oxygens (including phenoxy) is 1. The van der Waals surface area contributed by atoms with Gasteiger partial charge in [-0.05, 0) is 24.9 Å². The normalized spacial score (nSPS) is 17.9. The molecule has 1 atom stereocenters. The van der Waals surface area contributed by atoms with Gasteiger partial charge in [-0.25, -0.2) is 4.79 Å². The smallest absolute Gasteiger partial charge is 0.317 e. The molecule has 1 aliphatic rings. The average Bonchev–Trinajstić information content (AvgIpc) is 2.97. The van der Waals surface area contributed by atoms with Crippen LogP contribution in [0.15, 0.2) is 30.3 Å². The topological polar surface area (TPSA) is 67.6 Å². The van der Waals surface area contributed by atoms with E-state index in [-0.39, 0.29) is 12.1 Å². The Morgan fingerprint density at radius 1 is 1.40 bits per heavy atom. The molecule has 0 radical (unpaired) electrons. The van der Waals surface area contributed by atoms with Crippen LogP contribution < -0.4 is 11.1 Å². The van der Waals surface area contributed by atoms with Gasteiger partial charge < -0.3 is 20.7 Å². The maximum absolute atomic E-state index is 12.3. The number of benzene rings is 1. The Morgan fingerprint density at radius 3 is 2.85 bits per heavy atom. The van der Waals surface area contributed by atoms with E-state index in [4.69, 9.17) is 10.5 Å². The minimum atomic E-state index is -0.0298. The van der Waals surface area contributed by atoms with E-state index in [1.165, 1.54) is 0 Å². The molecule has 1 fully saturated rings. The first-order valence-electron chi connectivity index (χ1n) is 7.17. The van der Waals surface area contributed by atoms with Crippen LogP contribution in [0.4, 0.5) is 4.79 Å². The SMILES string of the molecule is NCCCN(Cc1ccccc1)C(=O)NC1CCOC1. The summed E-state index contributed by atoms with van der Waals surface area (Å²) >= 11 is 0. The summed E-state index contributed by atoms with van der Waals surface area (Å²) in [7, 11) is 0. The maximum atomic E-state index is 12.3. The third-order valence-electron chi connectivity index (χ3n) is 3.39. The number of carbonyl (C=O) groups excluding carboxylic acids is 1. The van der Waals surface area contributed by atoms with Gasteiger partial charge >= 0.3 is 6.03 Å². The van der Waals surface area contributed by atoms with Gasteiger partial charge in [-0.2, -0.15) is 0 Å². The number of hydrogen-bond donors (Lipinski definition) is 2. The first kappa shape index (κ1) is 14.8. The summed E-state index contributed by atoms with van der Waals surface area (Å²) in [5.74, 6) is 0. The van der Waals surface area contributed by atoms with Crippen molar-refractivity contribution >= 4 is 6.03 Å². The minimum Gasteiger partial charge on any atom is -0.379 e. The van der Waals surface area contributed by atoms with Crippen LogP contribution in [-0.4, -0.2) is 43.3 Å². The van der Waals surface area contributed by atoms with Crippen molar-refractivity contribution in [3.63, 3.8) is 0 Å². The van der Waals surface area contributed by atoms with Gasteiger partial charge in [-0.3, -0.25) is 0 Å². The van der Waals surface area contributed by atoms with Crippen molar-refractivity contribution in [2.75, 3.05) is 26.3 Å². The summed E-state index contributed by atoms with van der Waals surface area (Å²) in [5.41, 5.74) is 6.68. The Hall–Kier alpha value is -1.59. The van der Waals surface area contributed by atoms with Crippen molar-refractivity contribution in [1.82, 2.24) is 10.2 Å². The number of nitrogens with one attached hydrogen (secondary N) is 1. The molecule has 2 amide bonds. The van der Waals surface area contributed by atoms with E-state index in [0.29, 0.717) is 26.2 Å². The molecule has 0 aromatic heterocycles. The van der Waals surface area contributed by atoms with Gasteiger partial charge in [-0.15, -0.1) is 0 Å². The van der Waals surface area contributed by atoms with Crippen LogP contribution in [0.3, 0.4) is 0 Å². The van der Waals surface area contributed by atoms with Crippen molar-refractivity contribution in [2.24, 2.45) is 5.73 Å². The molecule has 1 unspecified atom stereocenters. The molecule has 5 heteroatoms. The monoisotopic (exact) mass is 277 g/mol. The number of rotatable bonds is 6. The van der Waals surface area contributed by atoms with Crippen LogP contribution in [0.1, 0.15) is 18.4 Å². The van der Waals surface area contributed by atoms with Crippen LogP contribution in [0.25, 0.3) is 0 Å². The number of nitrogens with two attached hydrogens (primary N) is 1. The molecule has 0 bridgehead atoms. The molecule has 0 saturated carbocycles. The largest absolute Gasteiger partial charge is 0.379 e. The lowest BCUT2D eigenvalue weighted by Gasteiger charge is -2.24. The second-order valence-corrected chi connectivity index (χ2v) is 5.06. The quantitative estimate of drug-likeness (QED) is 0.824. The highest BCUT2D eigenvalue weighted by atomic mass is 16.5. The summed E-state index contributed by atoms with van der Waals surface area (Å²) in [5, 5.41) is 3.03. The zero-order valence-corrected chi connectivity index (χ0v) is 11.8. The average molecular weight is 277 g/mol. The Bertz CT molecular complexity index is 405. The second kappa shape index (κ2) is 7.87. The zero-order chi connectivity index (χ0) is 14.2. The minimum absolute atomic E-state index is 0.0298. The molecule has 1 heterocycles. The molecule has 1 aromatic rings. The van der Waals surface area contributed by atoms with Gasteiger partial charge in [0.15, 0.2) is 0 Å². The zero-order valence-electron chi connectivity index (χ0n) is 11.8. The summed E-state index contributed by atoms with van der Waals surface area (Å²) in [6.45, 7) is 3.21. The van der Waals surface area contributed by atoms with Crippen LogP contribution >= 0.6 is 0 Å². The van der Waals surface area contributed by atoms with Gasteiger partial charge in [0.05, 0.1) is 12.6 Å². The lowest BCUT2D eigenvalue weighted by Crippen LogP contribution is -2.45. The summed E-state index contributed by atoms with van der Waals surface area (Å²) in [4.78, 5) is 14.1. The predicted molar refractivity (Wildman–Crippen MR) is 78.3 cm³/mol. The third kappa shape index (κ3) is 4.51. The summed E-state index contributed by atoms with van der Waals surface area (Å²) < 4.78 is 5.28. The van der Waals surface area contributed by atoms with Crippen molar-refractivity contribution in [3.05, 3.63) is 35.9 Å². The van der Waals surface area contributed by atoms with Crippen molar-refractivity contribution in [1.29, 1.82) is 0 Å². The Morgan fingerprint density at radius 2 is 2.20 bits per heavy atom. The first-order chi connectivity index (χ1) is 9.79. The maximum Gasteiger partial charge on any atom is 0.317 e. The van der Waals surface area contributed by atoms with Gasteiger partial charge in [-0.1, -0.05) is 30.3 Å². The molecule has 2 rings (SSSR count). The molecule has 1 saturated heterocycles. The Balaban J connectivity index is 1.92. The van der Waals surface area contributed by atoms with Crippen molar-refractivity contribution in [2.45, 2.75) is 25.4 Å². The Kier molecular flexibility index (Phi) is 5.83. The molecule has 20 heavy (non-hydrogen) atoms. The number of amides is 2. The predicted octanol–water partition coefficient (Wildman–Crippen LogP) is 1.34. The molecule has 1 aliphatic heterocycles. The highest BCUT2D eigenvalue weighted by Crippen LogP contribution is 2.08. The van der Waals surface area contributed by atoms with E-state index >= 15 is 0 Å². The molecule has 0 spiro atoms. The van der Waals surface area contributed by atoms with Gasteiger partial charge in [0.2, 0.25) is 0 Å². The van der Waals surface area contributed by atoms with Crippen molar-refractivity contribution in [3.8, 4) is 0 Å². The lowest BCUT2D eigenvalue weighted by molar-refractivity contribution is 0.176. The number of carbonyl (C=O) groups is 1. The van der Waals surface area contributed by atoms with Gasteiger partial charge in [0, 0.05) is 19.7 Å². The highest BCUT2D eigenvalue weighted by molar-refractivity contribution is 5.74. The van der Waals surface area contributed by atoms with Crippen LogP contribution in [0.5, 0.6) is 0 Å². The molecular weight excluding hydrogens is 254 g/mol. The summed E-state index contributed by atoms with van der Waals surface area (Å²) in [6, 6.07) is 10.1. The fourth-order valence-corrected chi connectivity index (χ4v) is 2.25. The van der Waals surface area contributed by atoms with Gasteiger partial charge in [0.1, 0.15) is 0 Å². The molecule has 5 nitrogen and oxygen atoms in total. The first-order valence-corrected chi connectivity index (χ1v) is 7.17. The number of hydrogen-bond acceptors (Lipinski definition) is 3. The Labute approximate surface area is 120 Å². The van der Waals surface area contributed by atoms with Crippen LogP contribution in [-0.2, 0) is 11.3 Å². The number of nitrogens with zero attached hydrogens (tertiary/aromatic N) is 1. The lowest BCUT2D eigenvalue weighted by atomic mass is 10.2. The van der Waals surface area contributed by atoms with E-state index < -0.39 is 0 Å².